The largest absolute Gasteiger partial charge is 0.456 e. The summed E-state index contributed by atoms with van der Waals surface area (Å²) in [6, 6.07) is 61.1. The molecule has 0 amide bonds. The van der Waals surface area contributed by atoms with E-state index in [4.69, 9.17) is 19.4 Å². The lowest BCUT2D eigenvalue weighted by molar-refractivity contribution is 0.669. The number of aromatic nitrogens is 3. The van der Waals surface area contributed by atoms with Crippen LogP contribution in [0.3, 0.4) is 0 Å². The lowest BCUT2D eigenvalue weighted by atomic mass is 9.93. The molecule has 0 unspecified atom stereocenters. The molecule has 8 aromatic carbocycles. The summed E-state index contributed by atoms with van der Waals surface area (Å²) in [7, 11) is 0. The zero-order valence-corrected chi connectivity index (χ0v) is 27.5. The van der Waals surface area contributed by atoms with Gasteiger partial charge in [0.25, 0.3) is 0 Å². The van der Waals surface area contributed by atoms with Crippen molar-refractivity contribution in [1.82, 2.24) is 15.0 Å². The van der Waals surface area contributed by atoms with Crippen LogP contribution in [0.25, 0.3) is 99.9 Å². The van der Waals surface area contributed by atoms with Crippen molar-refractivity contribution in [3.8, 4) is 56.4 Å². The summed E-state index contributed by atoms with van der Waals surface area (Å²) >= 11 is 0. The van der Waals surface area contributed by atoms with E-state index >= 15 is 0 Å². The molecule has 51 heavy (non-hydrogen) atoms. The minimum absolute atomic E-state index is 0.635. The number of fused-ring (bicyclic) bond motifs is 6. The van der Waals surface area contributed by atoms with Crippen LogP contribution in [0.2, 0.25) is 0 Å². The molecule has 0 bridgehead atoms. The second-order valence-corrected chi connectivity index (χ2v) is 12.8. The highest BCUT2D eigenvalue weighted by Gasteiger charge is 2.18. The molecule has 0 atom stereocenters. The normalized spacial score (nSPS) is 11.5. The Labute approximate surface area is 294 Å². The Morgan fingerprint density at radius 1 is 0.314 bits per heavy atom. The van der Waals surface area contributed by atoms with E-state index in [1.54, 1.807) is 0 Å². The Morgan fingerprint density at radius 3 is 1.55 bits per heavy atom. The topological polar surface area (TPSA) is 51.8 Å². The lowest BCUT2D eigenvalue weighted by Gasteiger charge is -2.14. The van der Waals surface area contributed by atoms with Gasteiger partial charge in [0, 0.05) is 27.5 Å². The van der Waals surface area contributed by atoms with Crippen LogP contribution in [0.5, 0.6) is 0 Å². The summed E-state index contributed by atoms with van der Waals surface area (Å²) in [6.45, 7) is 0. The second kappa shape index (κ2) is 11.9. The van der Waals surface area contributed by atoms with Crippen molar-refractivity contribution in [2.75, 3.05) is 0 Å². The molecule has 2 heterocycles. The molecule has 0 aliphatic rings. The van der Waals surface area contributed by atoms with Crippen molar-refractivity contribution in [1.29, 1.82) is 0 Å². The van der Waals surface area contributed by atoms with Crippen molar-refractivity contribution in [3.63, 3.8) is 0 Å². The van der Waals surface area contributed by atoms with Gasteiger partial charge in [-0.2, -0.15) is 0 Å². The third-order valence-corrected chi connectivity index (χ3v) is 9.72. The first-order chi connectivity index (χ1) is 25.2. The van der Waals surface area contributed by atoms with Crippen LogP contribution in [0.1, 0.15) is 0 Å². The van der Waals surface area contributed by atoms with Crippen LogP contribution in [0, 0.1) is 0 Å². The molecule has 0 aliphatic heterocycles. The second-order valence-electron chi connectivity index (χ2n) is 12.8. The summed E-state index contributed by atoms with van der Waals surface area (Å²) in [5.41, 5.74) is 9.00. The Balaban J connectivity index is 1.10. The molecule has 0 saturated carbocycles. The monoisotopic (exact) mass is 651 g/mol. The minimum atomic E-state index is 0.635. The quantitative estimate of drug-likeness (QED) is 0.186. The maximum Gasteiger partial charge on any atom is 0.164 e. The molecule has 10 aromatic rings. The van der Waals surface area contributed by atoms with Crippen LogP contribution in [-0.2, 0) is 0 Å². The number of furan rings is 1. The minimum Gasteiger partial charge on any atom is -0.456 e. The fourth-order valence-electron chi connectivity index (χ4n) is 7.16. The molecular formula is C47H29N3O. The molecule has 0 saturated heterocycles. The molecule has 0 fully saturated rings. The predicted octanol–water partition coefficient (Wildman–Crippen LogP) is 12.4. The van der Waals surface area contributed by atoms with E-state index < -0.39 is 0 Å². The van der Waals surface area contributed by atoms with Gasteiger partial charge in [-0.05, 0) is 74.1 Å². The van der Waals surface area contributed by atoms with Crippen molar-refractivity contribution in [3.05, 3.63) is 176 Å². The highest BCUT2D eigenvalue weighted by atomic mass is 16.3. The van der Waals surface area contributed by atoms with Gasteiger partial charge in [-0.1, -0.05) is 146 Å². The fourth-order valence-corrected chi connectivity index (χ4v) is 7.16. The van der Waals surface area contributed by atoms with Gasteiger partial charge in [0.1, 0.15) is 11.2 Å². The highest BCUT2D eigenvalue weighted by Crippen LogP contribution is 2.39. The number of hydrogen-bond donors (Lipinski definition) is 0. The van der Waals surface area contributed by atoms with E-state index in [-0.39, 0.29) is 0 Å². The molecule has 10 rings (SSSR count). The number of nitrogens with zero attached hydrogens (tertiary/aromatic N) is 3. The van der Waals surface area contributed by atoms with Crippen molar-refractivity contribution >= 4 is 43.5 Å². The average Bonchev–Trinajstić information content (AvgIpc) is 3.59. The van der Waals surface area contributed by atoms with Gasteiger partial charge in [0.2, 0.25) is 0 Å². The summed E-state index contributed by atoms with van der Waals surface area (Å²) in [5.74, 6) is 1.92. The number of benzene rings is 8. The third-order valence-electron chi connectivity index (χ3n) is 9.72. The Morgan fingerprint density at radius 2 is 0.863 bits per heavy atom. The maximum atomic E-state index is 6.39. The summed E-state index contributed by atoms with van der Waals surface area (Å²) < 4.78 is 6.39. The van der Waals surface area contributed by atoms with Gasteiger partial charge >= 0.3 is 0 Å². The smallest absolute Gasteiger partial charge is 0.164 e. The first kappa shape index (κ1) is 29.0. The van der Waals surface area contributed by atoms with E-state index in [0.29, 0.717) is 17.5 Å². The molecule has 238 valence electrons. The molecule has 0 radical (unpaired) electrons. The summed E-state index contributed by atoms with van der Waals surface area (Å²) in [4.78, 5) is 15.1. The van der Waals surface area contributed by atoms with Gasteiger partial charge in [-0.3, -0.25) is 0 Å². The van der Waals surface area contributed by atoms with Crippen LogP contribution in [0.15, 0.2) is 180 Å². The fraction of sp³-hybridized carbons (Fsp3) is 0. The molecule has 4 nitrogen and oxygen atoms in total. The highest BCUT2D eigenvalue weighted by molar-refractivity contribution is 6.19. The van der Waals surface area contributed by atoms with Gasteiger partial charge in [0.05, 0.1) is 0 Å². The zero-order chi connectivity index (χ0) is 33.7. The van der Waals surface area contributed by atoms with E-state index in [1.807, 2.05) is 60.7 Å². The standard InChI is InChI=1S/C47H29N3O/c1-3-12-33(13-4-1)45-48-46(34-14-5-2-6-15-34)50-47(49-45)41-28-36-17-8-7-16-35(36)27-40(41)32-21-19-30(20-22-32)37-23-25-39-43(29-37)51-42-26-24-31-11-9-10-18-38(31)44(39)42/h1-29H. The first-order valence-corrected chi connectivity index (χ1v) is 17.1. The Kier molecular flexibility index (Phi) is 6.78. The van der Waals surface area contributed by atoms with Crippen molar-refractivity contribution in [2.24, 2.45) is 0 Å². The van der Waals surface area contributed by atoms with Crippen molar-refractivity contribution in [2.45, 2.75) is 0 Å². The van der Waals surface area contributed by atoms with Gasteiger partial charge in [-0.15, -0.1) is 0 Å². The predicted molar refractivity (Wildman–Crippen MR) is 209 cm³/mol. The number of rotatable bonds is 5. The Hall–Kier alpha value is -6.91. The summed E-state index contributed by atoms with van der Waals surface area (Å²) in [6.07, 6.45) is 0. The van der Waals surface area contributed by atoms with Crippen molar-refractivity contribution < 1.29 is 4.42 Å². The zero-order valence-electron chi connectivity index (χ0n) is 27.5. The average molecular weight is 652 g/mol. The lowest BCUT2D eigenvalue weighted by Crippen LogP contribution is -2.01. The number of hydrogen-bond acceptors (Lipinski definition) is 4. The third kappa shape index (κ3) is 5.13. The molecule has 2 aromatic heterocycles. The first-order valence-electron chi connectivity index (χ1n) is 17.1. The van der Waals surface area contributed by atoms with E-state index in [1.165, 1.54) is 10.8 Å². The van der Waals surface area contributed by atoms with Crippen LogP contribution in [0.4, 0.5) is 0 Å². The molecule has 0 spiro atoms. The van der Waals surface area contributed by atoms with Crippen LogP contribution >= 0.6 is 0 Å². The van der Waals surface area contributed by atoms with E-state index in [9.17, 15) is 0 Å². The summed E-state index contributed by atoms with van der Waals surface area (Å²) in [5, 5.41) is 7.00. The van der Waals surface area contributed by atoms with E-state index in [0.717, 1.165) is 71.7 Å². The molecule has 0 aliphatic carbocycles. The van der Waals surface area contributed by atoms with E-state index in [2.05, 4.69) is 115 Å². The SMILES string of the molecule is c1ccc(-c2nc(-c3ccccc3)nc(-c3cc4ccccc4cc3-c3ccc(-c4ccc5c(c4)oc4ccc6ccccc6c45)cc3)n2)cc1. The van der Waals surface area contributed by atoms with Crippen LogP contribution in [-0.4, -0.2) is 15.0 Å². The molecular weight excluding hydrogens is 623 g/mol. The molecule has 0 N–H and O–H groups in total. The van der Waals surface area contributed by atoms with Gasteiger partial charge in [-0.25, -0.2) is 15.0 Å². The Bertz CT molecular complexity index is 2840. The molecule has 4 heteroatoms. The maximum absolute atomic E-state index is 6.39. The van der Waals surface area contributed by atoms with Crippen LogP contribution < -0.4 is 0 Å². The van der Waals surface area contributed by atoms with Gasteiger partial charge in [0.15, 0.2) is 17.5 Å². The van der Waals surface area contributed by atoms with Gasteiger partial charge < -0.3 is 4.42 Å².